The Balaban J connectivity index is 2.03. The molecule has 27 heavy (non-hydrogen) atoms. The summed E-state index contributed by atoms with van der Waals surface area (Å²) in [5, 5.41) is 16.8. The summed E-state index contributed by atoms with van der Waals surface area (Å²) >= 11 is 7.33. The Morgan fingerprint density at radius 1 is 1.26 bits per heavy atom. The minimum Gasteiger partial charge on any atom is -0.468 e. The van der Waals surface area contributed by atoms with Crippen molar-refractivity contribution in [2.24, 2.45) is 4.99 Å². The number of hydrogen-bond donors (Lipinski definition) is 3. The molecule has 0 radical (unpaired) electrons. The number of furan rings is 1. The lowest BCUT2D eigenvalue weighted by atomic mass is 10.2. The molecule has 0 aromatic carbocycles. The first-order chi connectivity index (χ1) is 13.1. The van der Waals surface area contributed by atoms with Crippen molar-refractivity contribution >= 4 is 28.9 Å². The number of aliphatic hydroxyl groups excluding tert-OH is 1. The normalized spacial score (nSPS) is 14.4. The molecule has 2 aromatic rings. The van der Waals surface area contributed by atoms with E-state index in [0.717, 1.165) is 30.3 Å². The second-order valence-corrected chi connectivity index (χ2v) is 7.76. The molecule has 2 heterocycles. The number of nitrogens with one attached hydrogen (secondary N) is 2. The molecule has 0 spiro atoms. The van der Waals surface area contributed by atoms with Crippen LogP contribution in [0, 0.1) is 0 Å². The number of aliphatic hydroxyl groups is 1. The third-order valence-corrected chi connectivity index (χ3v) is 5.61. The van der Waals surface area contributed by atoms with Crippen LogP contribution in [0.15, 0.2) is 39.9 Å². The largest absolute Gasteiger partial charge is 0.468 e. The van der Waals surface area contributed by atoms with E-state index < -0.39 is 6.10 Å². The summed E-state index contributed by atoms with van der Waals surface area (Å²) < 4.78 is 6.30. The molecule has 2 unspecified atom stereocenters. The zero-order valence-corrected chi connectivity index (χ0v) is 17.7. The molecule has 0 fully saturated rings. The monoisotopic (exact) mass is 412 g/mol. The SMILES string of the molecule is CCNC(=NCC(c1ccco1)N(CC)CC)NCC(O)c1ccc(Cl)s1. The van der Waals surface area contributed by atoms with Crippen LogP contribution in [0.1, 0.15) is 43.6 Å². The highest BCUT2D eigenvalue weighted by molar-refractivity contribution is 7.16. The highest BCUT2D eigenvalue weighted by atomic mass is 35.5. The first kappa shape index (κ1) is 21.8. The molecular weight excluding hydrogens is 384 g/mol. The molecule has 6 nitrogen and oxygen atoms in total. The van der Waals surface area contributed by atoms with E-state index in [1.807, 2.05) is 25.1 Å². The Labute approximate surface area is 170 Å². The first-order valence-corrected chi connectivity index (χ1v) is 10.5. The fourth-order valence-electron chi connectivity index (χ4n) is 2.85. The summed E-state index contributed by atoms with van der Waals surface area (Å²) in [5.74, 6) is 1.58. The zero-order valence-electron chi connectivity index (χ0n) is 16.1. The van der Waals surface area contributed by atoms with Crippen LogP contribution in [0.5, 0.6) is 0 Å². The number of likely N-dealkylation sites (N-methyl/N-ethyl adjacent to an activating group) is 1. The Bertz CT molecular complexity index is 686. The number of rotatable bonds is 10. The van der Waals surface area contributed by atoms with Crippen LogP contribution in [0.3, 0.4) is 0 Å². The van der Waals surface area contributed by atoms with Crippen molar-refractivity contribution < 1.29 is 9.52 Å². The lowest BCUT2D eigenvalue weighted by Gasteiger charge is -2.27. The third-order valence-electron chi connectivity index (χ3n) is 4.28. The van der Waals surface area contributed by atoms with Crippen molar-refractivity contribution in [3.8, 4) is 0 Å². The van der Waals surface area contributed by atoms with Gasteiger partial charge in [-0.1, -0.05) is 25.4 Å². The quantitative estimate of drug-likeness (QED) is 0.410. The van der Waals surface area contributed by atoms with E-state index in [9.17, 15) is 5.11 Å². The molecule has 2 atom stereocenters. The van der Waals surface area contributed by atoms with Crippen molar-refractivity contribution in [3.63, 3.8) is 0 Å². The Morgan fingerprint density at radius 2 is 2.04 bits per heavy atom. The number of hydrogen-bond acceptors (Lipinski definition) is 5. The van der Waals surface area contributed by atoms with Crippen LogP contribution in [-0.2, 0) is 0 Å². The van der Waals surface area contributed by atoms with Gasteiger partial charge in [-0.25, -0.2) is 0 Å². The molecule has 0 bridgehead atoms. The van der Waals surface area contributed by atoms with Gasteiger partial charge >= 0.3 is 0 Å². The number of thiophene rings is 1. The van der Waals surface area contributed by atoms with Gasteiger partial charge in [0.2, 0.25) is 0 Å². The van der Waals surface area contributed by atoms with Gasteiger partial charge in [-0.2, -0.15) is 0 Å². The van der Waals surface area contributed by atoms with Gasteiger partial charge in [0.05, 0.1) is 23.2 Å². The van der Waals surface area contributed by atoms with Crippen molar-refractivity contribution in [2.45, 2.75) is 32.9 Å². The van der Waals surface area contributed by atoms with E-state index in [0.29, 0.717) is 23.4 Å². The Hall–Kier alpha value is -1.54. The predicted molar refractivity (Wildman–Crippen MR) is 113 cm³/mol. The van der Waals surface area contributed by atoms with Gasteiger partial charge in [0.25, 0.3) is 0 Å². The van der Waals surface area contributed by atoms with Gasteiger partial charge in [0, 0.05) is 18.0 Å². The molecule has 0 aliphatic rings. The molecule has 2 rings (SSSR count). The van der Waals surface area contributed by atoms with Crippen LogP contribution in [0.4, 0.5) is 0 Å². The predicted octanol–water partition coefficient (Wildman–Crippen LogP) is 3.67. The smallest absolute Gasteiger partial charge is 0.191 e. The minimum atomic E-state index is -0.630. The van der Waals surface area contributed by atoms with Gasteiger partial charge in [-0.15, -0.1) is 11.3 Å². The van der Waals surface area contributed by atoms with E-state index in [1.165, 1.54) is 11.3 Å². The van der Waals surface area contributed by atoms with Crippen LogP contribution < -0.4 is 10.6 Å². The molecule has 150 valence electrons. The Kier molecular flexibility index (Phi) is 9.14. The van der Waals surface area contributed by atoms with E-state index in [2.05, 4.69) is 29.4 Å². The summed E-state index contributed by atoms with van der Waals surface area (Å²) in [5.41, 5.74) is 0. The van der Waals surface area contributed by atoms with Gasteiger partial charge < -0.3 is 20.2 Å². The summed E-state index contributed by atoms with van der Waals surface area (Å²) in [6.07, 6.45) is 1.07. The summed E-state index contributed by atoms with van der Waals surface area (Å²) in [4.78, 5) is 7.86. The standard InChI is InChI=1S/C19H29ClN4O2S/c1-4-21-19(23-13-15(25)17-9-10-18(20)27-17)22-12-14(24(5-2)6-3)16-8-7-11-26-16/h7-11,14-15,25H,4-6,12-13H2,1-3H3,(H2,21,22,23). The van der Waals surface area contributed by atoms with Crippen LogP contribution in [0.2, 0.25) is 4.34 Å². The molecule has 2 aromatic heterocycles. The highest BCUT2D eigenvalue weighted by Crippen LogP contribution is 2.26. The van der Waals surface area contributed by atoms with Crippen molar-refractivity contribution in [2.75, 3.05) is 32.7 Å². The van der Waals surface area contributed by atoms with Gasteiger partial charge in [-0.05, 0) is 44.3 Å². The van der Waals surface area contributed by atoms with E-state index >= 15 is 0 Å². The second-order valence-electron chi connectivity index (χ2n) is 6.01. The van der Waals surface area contributed by atoms with Crippen molar-refractivity contribution in [1.82, 2.24) is 15.5 Å². The second kappa shape index (κ2) is 11.3. The number of nitrogens with zero attached hydrogens (tertiary/aromatic N) is 2. The molecule has 0 saturated carbocycles. The van der Waals surface area contributed by atoms with E-state index in [-0.39, 0.29) is 6.04 Å². The first-order valence-electron chi connectivity index (χ1n) is 9.31. The topological polar surface area (TPSA) is 73.0 Å². The molecule has 0 aliphatic heterocycles. The fraction of sp³-hybridized carbons (Fsp3) is 0.526. The maximum Gasteiger partial charge on any atom is 0.191 e. The van der Waals surface area contributed by atoms with Crippen molar-refractivity contribution in [3.05, 3.63) is 45.5 Å². The Morgan fingerprint density at radius 3 is 2.59 bits per heavy atom. The third kappa shape index (κ3) is 6.53. The minimum absolute atomic E-state index is 0.0754. The molecule has 0 aliphatic carbocycles. The molecule has 0 saturated heterocycles. The van der Waals surface area contributed by atoms with Gasteiger partial charge in [0.15, 0.2) is 5.96 Å². The van der Waals surface area contributed by atoms with Gasteiger partial charge in [0.1, 0.15) is 11.9 Å². The van der Waals surface area contributed by atoms with Crippen LogP contribution in [0.25, 0.3) is 0 Å². The van der Waals surface area contributed by atoms with E-state index in [1.54, 1.807) is 12.3 Å². The van der Waals surface area contributed by atoms with E-state index in [4.69, 9.17) is 21.0 Å². The fourth-order valence-corrected chi connectivity index (χ4v) is 3.90. The maximum atomic E-state index is 10.3. The maximum absolute atomic E-state index is 10.3. The lowest BCUT2D eigenvalue weighted by molar-refractivity contribution is 0.184. The average Bonchev–Trinajstić information content (AvgIpc) is 3.34. The summed E-state index contributed by atoms with van der Waals surface area (Å²) in [6.45, 7) is 9.78. The van der Waals surface area contributed by atoms with Gasteiger partial charge in [-0.3, -0.25) is 9.89 Å². The molecular formula is C19H29ClN4O2S. The summed E-state index contributed by atoms with van der Waals surface area (Å²) in [6, 6.07) is 7.61. The zero-order chi connectivity index (χ0) is 19.6. The summed E-state index contributed by atoms with van der Waals surface area (Å²) in [7, 11) is 0. The molecule has 0 amide bonds. The number of aliphatic imine (C=N–C) groups is 1. The van der Waals surface area contributed by atoms with Crippen LogP contribution in [-0.4, -0.2) is 48.7 Å². The van der Waals surface area contributed by atoms with Crippen molar-refractivity contribution in [1.29, 1.82) is 0 Å². The number of guanidine groups is 1. The van der Waals surface area contributed by atoms with Crippen LogP contribution >= 0.6 is 22.9 Å². The number of halogens is 1. The highest BCUT2D eigenvalue weighted by Gasteiger charge is 2.20. The molecule has 3 N–H and O–H groups in total. The lowest BCUT2D eigenvalue weighted by Crippen LogP contribution is -2.40. The average molecular weight is 413 g/mol. The molecule has 8 heteroatoms.